The van der Waals surface area contributed by atoms with Gasteiger partial charge in [0.1, 0.15) is 5.60 Å². The maximum absolute atomic E-state index is 12.5. The smallest absolute Gasteiger partial charge is 0.414 e. The normalized spacial score (nSPS) is 20.1. The lowest BCUT2D eigenvalue weighted by Gasteiger charge is -2.32. The van der Waals surface area contributed by atoms with Crippen molar-refractivity contribution in [3.63, 3.8) is 0 Å². The number of hydrogen-bond donors (Lipinski definition) is 1. The molecular formula is C19H26N2O4. The Hall–Kier alpha value is -2.08. The van der Waals surface area contributed by atoms with Crippen LogP contribution in [-0.4, -0.2) is 37.4 Å². The van der Waals surface area contributed by atoms with Crippen LogP contribution in [0.3, 0.4) is 0 Å². The van der Waals surface area contributed by atoms with Crippen LogP contribution in [0.2, 0.25) is 0 Å². The quantitative estimate of drug-likeness (QED) is 0.892. The Morgan fingerprint density at radius 1 is 1.32 bits per heavy atom. The van der Waals surface area contributed by atoms with Gasteiger partial charge in [-0.05, 0) is 57.7 Å². The second-order valence-corrected chi connectivity index (χ2v) is 7.63. The summed E-state index contributed by atoms with van der Waals surface area (Å²) in [5, 5.41) is 2.94. The van der Waals surface area contributed by atoms with Gasteiger partial charge in [0, 0.05) is 18.8 Å². The van der Waals surface area contributed by atoms with Gasteiger partial charge < -0.3 is 14.8 Å². The lowest BCUT2D eigenvalue weighted by atomic mass is 10.0. The Kier molecular flexibility index (Phi) is 4.99. The van der Waals surface area contributed by atoms with E-state index in [1.165, 1.54) is 0 Å². The van der Waals surface area contributed by atoms with Gasteiger partial charge in [-0.15, -0.1) is 0 Å². The maximum atomic E-state index is 12.5. The SMILES string of the molecule is CC(C)(C)OC(=O)N1CCCc2ccc(NC(=O)[C@@H]3CCOC3)cc21. The molecule has 2 amide bonds. The number of aryl methyl sites for hydroxylation is 1. The van der Waals surface area contributed by atoms with Gasteiger partial charge in [-0.25, -0.2) is 4.79 Å². The van der Waals surface area contributed by atoms with E-state index in [2.05, 4.69) is 5.32 Å². The topological polar surface area (TPSA) is 67.9 Å². The molecule has 2 heterocycles. The van der Waals surface area contributed by atoms with Crippen molar-refractivity contribution in [1.29, 1.82) is 0 Å². The standard InChI is InChI=1S/C19H26N2O4/c1-19(2,3)25-18(23)21-9-4-5-13-6-7-15(11-16(13)21)20-17(22)14-8-10-24-12-14/h6-7,11,14H,4-5,8-10,12H2,1-3H3,(H,20,22)/t14-/m1/s1. The van der Waals surface area contributed by atoms with Crippen molar-refractivity contribution in [2.75, 3.05) is 30.0 Å². The van der Waals surface area contributed by atoms with Crippen LogP contribution >= 0.6 is 0 Å². The molecule has 0 spiro atoms. The van der Waals surface area contributed by atoms with Crippen LogP contribution < -0.4 is 10.2 Å². The van der Waals surface area contributed by atoms with Gasteiger partial charge in [0.2, 0.25) is 5.91 Å². The number of fused-ring (bicyclic) bond motifs is 1. The van der Waals surface area contributed by atoms with Crippen molar-refractivity contribution in [1.82, 2.24) is 0 Å². The number of ether oxygens (including phenoxy) is 2. The summed E-state index contributed by atoms with van der Waals surface area (Å²) >= 11 is 0. The van der Waals surface area contributed by atoms with Gasteiger partial charge >= 0.3 is 6.09 Å². The maximum Gasteiger partial charge on any atom is 0.414 e. The zero-order chi connectivity index (χ0) is 18.0. The zero-order valence-electron chi connectivity index (χ0n) is 15.1. The highest BCUT2D eigenvalue weighted by atomic mass is 16.6. The van der Waals surface area contributed by atoms with Gasteiger partial charge in [-0.3, -0.25) is 9.69 Å². The average molecular weight is 346 g/mol. The van der Waals surface area contributed by atoms with E-state index in [4.69, 9.17) is 9.47 Å². The number of hydrogen-bond acceptors (Lipinski definition) is 4. The first-order chi connectivity index (χ1) is 11.8. The minimum absolute atomic E-state index is 0.0305. The fourth-order valence-electron chi connectivity index (χ4n) is 3.14. The lowest BCUT2D eigenvalue weighted by Crippen LogP contribution is -2.39. The van der Waals surface area contributed by atoms with Crippen molar-refractivity contribution < 1.29 is 19.1 Å². The van der Waals surface area contributed by atoms with E-state index < -0.39 is 5.60 Å². The molecule has 3 rings (SSSR count). The van der Waals surface area contributed by atoms with Crippen molar-refractivity contribution >= 4 is 23.4 Å². The molecule has 6 heteroatoms. The van der Waals surface area contributed by atoms with E-state index in [9.17, 15) is 9.59 Å². The van der Waals surface area contributed by atoms with Gasteiger partial charge in [0.05, 0.1) is 18.2 Å². The lowest BCUT2D eigenvalue weighted by molar-refractivity contribution is -0.119. The number of carbonyl (C=O) groups is 2. The first-order valence-electron chi connectivity index (χ1n) is 8.85. The van der Waals surface area contributed by atoms with Crippen molar-refractivity contribution in [2.45, 2.75) is 45.6 Å². The summed E-state index contributed by atoms with van der Waals surface area (Å²) in [6.45, 7) is 7.30. The molecule has 1 saturated heterocycles. The van der Waals surface area contributed by atoms with E-state index in [0.717, 1.165) is 30.5 Å². The summed E-state index contributed by atoms with van der Waals surface area (Å²) in [7, 11) is 0. The van der Waals surface area contributed by atoms with Crippen molar-refractivity contribution in [3.8, 4) is 0 Å². The molecule has 1 aromatic rings. The molecule has 0 aromatic heterocycles. The third-order valence-electron chi connectivity index (χ3n) is 4.39. The highest BCUT2D eigenvalue weighted by Crippen LogP contribution is 2.31. The molecule has 0 aliphatic carbocycles. The van der Waals surface area contributed by atoms with Gasteiger partial charge in [-0.1, -0.05) is 6.07 Å². The van der Waals surface area contributed by atoms with E-state index >= 15 is 0 Å². The summed E-state index contributed by atoms with van der Waals surface area (Å²) in [5.41, 5.74) is 2.08. The molecule has 1 fully saturated rings. The minimum atomic E-state index is -0.539. The van der Waals surface area contributed by atoms with E-state index in [1.807, 2.05) is 39.0 Å². The van der Waals surface area contributed by atoms with Crippen molar-refractivity contribution in [3.05, 3.63) is 23.8 Å². The summed E-state index contributed by atoms with van der Waals surface area (Å²) in [4.78, 5) is 26.5. The molecule has 0 unspecified atom stereocenters. The fourth-order valence-corrected chi connectivity index (χ4v) is 3.14. The van der Waals surface area contributed by atoms with E-state index in [-0.39, 0.29) is 17.9 Å². The van der Waals surface area contributed by atoms with Crippen LogP contribution in [0.1, 0.15) is 39.2 Å². The molecule has 1 N–H and O–H groups in total. The Morgan fingerprint density at radius 3 is 2.80 bits per heavy atom. The summed E-state index contributed by atoms with van der Waals surface area (Å²) in [6, 6.07) is 5.74. The van der Waals surface area contributed by atoms with Crippen LogP contribution in [0.4, 0.5) is 16.2 Å². The molecule has 6 nitrogen and oxygen atoms in total. The number of benzene rings is 1. The van der Waals surface area contributed by atoms with Crippen molar-refractivity contribution in [2.24, 2.45) is 5.92 Å². The van der Waals surface area contributed by atoms with Crippen LogP contribution in [0.15, 0.2) is 18.2 Å². The second kappa shape index (κ2) is 7.04. The van der Waals surface area contributed by atoms with Gasteiger partial charge in [-0.2, -0.15) is 0 Å². The second-order valence-electron chi connectivity index (χ2n) is 7.63. The van der Waals surface area contributed by atoms with E-state index in [0.29, 0.717) is 25.4 Å². The molecule has 2 aliphatic heterocycles. The van der Waals surface area contributed by atoms with Crippen LogP contribution in [0, 0.1) is 5.92 Å². The monoisotopic (exact) mass is 346 g/mol. The molecule has 25 heavy (non-hydrogen) atoms. The largest absolute Gasteiger partial charge is 0.443 e. The number of carbonyl (C=O) groups excluding carboxylic acids is 2. The highest BCUT2D eigenvalue weighted by molar-refractivity contribution is 5.95. The number of nitrogens with zero attached hydrogens (tertiary/aromatic N) is 1. The molecule has 0 saturated carbocycles. The molecule has 0 radical (unpaired) electrons. The molecule has 0 bridgehead atoms. The minimum Gasteiger partial charge on any atom is -0.443 e. The molecule has 1 aromatic carbocycles. The Balaban J connectivity index is 1.77. The summed E-state index contributed by atoms with van der Waals surface area (Å²) in [5.74, 6) is -0.130. The van der Waals surface area contributed by atoms with E-state index in [1.54, 1.807) is 4.90 Å². The van der Waals surface area contributed by atoms with Crippen LogP contribution in [-0.2, 0) is 20.7 Å². The predicted octanol–water partition coefficient (Wildman–Crippen LogP) is 3.35. The average Bonchev–Trinajstić information content (AvgIpc) is 3.07. The summed E-state index contributed by atoms with van der Waals surface area (Å²) < 4.78 is 10.8. The zero-order valence-corrected chi connectivity index (χ0v) is 15.1. The third-order valence-corrected chi connectivity index (χ3v) is 4.39. The van der Waals surface area contributed by atoms with Gasteiger partial charge in [0.15, 0.2) is 0 Å². The third kappa shape index (κ3) is 4.31. The number of rotatable bonds is 2. The number of amides is 2. The molecule has 1 atom stereocenters. The Morgan fingerprint density at radius 2 is 2.12 bits per heavy atom. The van der Waals surface area contributed by atoms with Gasteiger partial charge in [0.25, 0.3) is 0 Å². The summed E-state index contributed by atoms with van der Waals surface area (Å²) in [6.07, 6.45) is 2.22. The first-order valence-corrected chi connectivity index (χ1v) is 8.85. The molecule has 2 aliphatic rings. The van der Waals surface area contributed by atoms with Crippen LogP contribution in [0.25, 0.3) is 0 Å². The first kappa shape index (κ1) is 17.7. The molecule has 136 valence electrons. The Labute approximate surface area is 148 Å². The predicted molar refractivity (Wildman–Crippen MR) is 95.9 cm³/mol. The number of anilines is 2. The van der Waals surface area contributed by atoms with Crippen LogP contribution in [0.5, 0.6) is 0 Å². The Bertz CT molecular complexity index is 660. The molecular weight excluding hydrogens is 320 g/mol. The number of nitrogens with one attached hydrogen (secondary N) is 1. The fraction of sp³-hybridized carbons (Fsp3) is 0.579. The highest BCUT2D eigenvalue weighted by Gasteiger charge is 2.28.